The second kappa shape index (κ2) is 5.11. The Morgan fingerprint density at radius 3 is 2.62 bits per heavy atom. The number of benzene rings is 1. The topological polar surface area (TPSA) is 20.3 Å². The summed E-state index contributed by atoms with van der Waals surface area (Å²) in [6.45, 7) is 7.25. The summed E-state index contributed by atoms with van der Waals surface area (Å²) in [5.74, 6) is 1.68. The van der Waals surface area contributed by atoms with Crippen molar-refractivity contribution in [3.63, 3.8) is 0 Å². The summed E-state index contributed by atoms with van der Waals surface area (Å²) >= 11 is 0. The minimum atomic E-state index is -0.570. The molecule has 2 nitrogen and oxygen atoms in total. The van der Waals surface area contributed by atoms with Crippen LogP contribution in [0.15, 0.2) is 18.2 Å². The van der Waals surface area contributed by atoms with E-state index in [1.807, 2.05) is 0 Å². The van der Waals surface area contributed by atoms with Gasteiger partial charge < -0.3 is 0 Å². The maximum atomic E-state index is 11.3. The molecule has 0 saturated carbocycles. The van der Waals surface area contributed by atoms with Gasteiger partial charge in [-0.15, -0.1) is 0 Å². The maximum Gasteiger partial charge on any atom is 0.0363 e. The minimum Gasteiger partial charge on any atom is -0.297 e. The molecule has 1 fully saturated rings. The van der Waals surface area contributed by atoms with Crippen molar-refractivity contribution in [2.75, 3.05) is 24.6 Å². The second-order valence-electron chi connectivity index (χ2n) is 4.55. The molecule has 2 rings (SSSR count). The van der Waals surface area contributed by atoms with E-state index in [0.717, 1.165) is 31.1 Å². The monoisotopic (exact) mass is 237 g/mol. The van der Waals surface area contributed by atoms with Crippen LogP contribution >= 0.6 is 0 Å². The molecular weight excluding hydrogens is 218 g/mol. The van der Waals surface area contributed by atoms with Crippen LogP contribution in [0.1, 0.15) is 16.7 Å². The molecular formula is C13H19NOS. The van der Waals surface area contributed by atoms with Crippen molar-refractivity contribution >= 4 is 10.8 Å². The van der Waals surface area contributed by atoms with Crippen molar-refractivity contribution in [1.82, 2.24) is 4.90 Å². The second-order valence-corrected chi connectivity index (χ2v) is 6.25. The van der Waals surface area contributed by atoms with E-state index < -0.39 is 10.8 Å². The van der Waals surface area contributed by atoms with Crippen molar-refractivity contribution in [1.29, 1.82) is 0 Å². The summed E-state index contributed by atoms with van der Waals surface area (Å²) in [7, 11) is -0.570. The Morgan fingerprint density at radius 1 is 1.25 bits per heavy atom. The van der Waals surface area contributed by atoms with Gasteiger partial charge in [0.05, 0.1) is 0 Å². The fraction of sp³-hybridized carbons (Fsp3) is 0.538. The molecule has 1 aromatic rings. The summed E-state index contributed by atoms with van der Waals surface area (Å²) in [4.78, 5) is 2.41. The lowest BCUT2D eigenvalue weighted by atomic mass is 10.1. The van der Waals surface area contributed by atoms with E-state index in [1.165, 1.54) is 16.7 Å². The lowest BCUT2D eigenvalue weighted by Crippen LogP contribution is -2.37. The molecule has 1 saturated heterocycles. The first kappa shape index (κ1) is 11.8. The van der Waals surface area contributed by atoms with Gasteiger partial charge in [-0.2, -0.15) is 0 Å². The molecule has 0 radical (unpaired) electrons. The molecule has 0 bridgehead atoms. The van der Waals surface area contributed by atoms with E-state index in [0.29, 0.717) is 0 Å². The molecule has 0 spiro atoms. The van der Waals surface area contributed by atoms with Crippen LogP contribution in [0, 0.1) is 13.8 Å². The van der Waals surface area contributed by atoms with Crippen molar-refractivity contribution in [3.05, 3.63) is 34.9 Å². The highest BCUT2D eigenvalue weighted by atomic mass is 32.2. The smallest absolute Gasteiger partial charge is 0.0363 e. The summed E-state index contributed by atoms with van der Waals surface area (Å²) in [6, 6.07) is 6.61. The van der Waals surface area contributed by atoms with Crippen LogP contribution in [-0.2, 0) is 17.3 Å². The predicted octanol–water partition coefficient (Wildman–Crippen LogP) is 1.87. The van der Waals surface area contributed by atoms with Crippen LogP contribution < -0.4 is 0 Å². The molecule has 1 aliphatic heterocycles. The fourth-order valence-corrected chi connectivity index (χ4v) is 3.17. The van der Waals surface area contributed by atoms with Crippen LogP contribution in [0.25, 0.3) is 0 Å². The quantitative estimate of drug-likeness (QED) is 0.782. The van der Waals surface area contributed by atoms with E-state index in [1.54, 1.807) is 0 Å². The Morgan fingerprint density at radius 2 is 1.94 bits per heavy atom. The van der Waals surface area contributed by atoms with E-state index in [4.69, 9.17) is 0 Å². The lowest BCUT2D eigenvalue weighted by Gasteiger charge is -2.26. The Labute approximate surface area is 100 Å². The first-order chi connectivity index (χ1) is 7.65. The number of nitrogens with zero attached hydrogens (tertiary/aromatic N) is 1. The molecule has 1 aliphatic rings. The zero-order valence-electron chi connectivity index (χ0n) is 10.0. The number of hydrogen-bond acceptors (Lipinski definition) is 2. The molecule has 0 N–H and O–H groups in total. The summed E-state index contributed by atoms with van der Waals surface area (Å²) in [6.07, 6.45) is 0. The molecule has 0 amide bonds. The maximum absolute atomic E-state index is 11.3. The zero-order chi connectivity index (χ0) is 11.5. The first-order valence-corrected chi connectivity index (χ1v) is 7.27. The van der Waals surface area contributed by atoms with Crippen LogP contribution in [0.3, 0.4) is 0 Å². The third-order valence-corrected chi connectivity index (χ3v) is 4.44. The third-order valence-electron chi connectivity index (χ3n) is 3.17. The Bertz CT molecular complexity index is 393. The number of rotatable bonds is 2. The van der Waals surface area contributed by atoms with Gasteiger partial charge in [0, 0.05) is 41.9 Å². The van der Waals surface area contributed by atoms with Gasteiger partial charge in [-0.1, -0.05) is 23.8 Å². The van der Waals surface area contributed by atoms with Crippen molar-refractivity contribution in [2.24, 2.45) is 0 Å². The average molecular weight is 237 g/mol. The van der Waals surface area contributed by atoms with Crippen LogP contribution in [0.2, 0.25) is 0 Å². The summed E-state index contributed by atoms with van der Waals surface area (Å²) in [5.41, 5.74) is 4.09. The first-order valence-electron chi connectivity index (χ1n) is 5.78. The van der Waals surface area contributed by atoms with Crippen LogP contribution in [0.5, 0.6) is 0 Å². The standard InChI is InChI=1S/C13H19NOS/c1-11-3-4-12(2)13(9-11)10-14-5-7-16(15)8-6-14/h3-4,9H,5-8,10H2,1-2H3. The molecule has 0 aliphatic carbocycles. The Balaban J connectivity index is 2.03. The molecule has 0 aromatic heterocycles. The van der Waals surface area contributed by atoms with E-state index in [9.17, 15) is 4.21 Å². The molecule has 0 atom stereocenters. The van der Waals surface area contributed by atoms with Gasteiger partial charge in [0.15, 0.2) is 0 Å². The van der Waals surface area contributed by atoms with E-state index in [2.05, 4.69) is 36.9 Å². The van der Waals surface area contributed by atoms with Gasteiger partial charge in [0.25, 0.3) is 0 Å². The normalized spacial score (nSPS) is 18.9. The Kier molecular flexibility index (Phi) is 3.77. The largest absolute Gasteiger partial charge is 0.297 e. The van der Waals surface area contributed by atoms with Crippen molar-refractivity contribution in [3.8, 4) is 0 Å². The van der Waals surface area contributed by atoms with Gasteiger partial charge in [0.1, 0.15) is 0 Å². The highest BCUT2D eigenvalue weighted by Gasteiger charge is 2.15. The fourth-order valence-electron chi connectivity index (χ4n) is 2.05. The Hall–Kier alpha value is -0.670. The van der Waals surface area contributed by atoms with Crippen molar-refractivity contribution < 1.29 is 4.21 Å². The molecule has 1 heterocycles. The summed E-state index contributed by atoms with van der Waals surface area (Å²) in [5, 5.41) is 0. The van der Waals surface area contributed by atoms with Gasteiger partial charge in [-0.25, -0.2) is 0 Å². The molecule has 16 heavy (non-hydrogen) atoms. The average Bonchev–Trinajstić information content (AvgIpc) is 2.27. The SMILES string of the molecule is Cc1ccc(C)c(CN2CCS(=O)CC2)c1. The van der Waals surface area contributed by atoms with Crippen molar-refractivity contribution in [2.45, 2.75) is 20.4 Å². The van der Waals surface area contributed by atoms with Gasteiger partial charge in [-0.3, -0.25) is 9.11 Å². The van der Waals surface area contributed by atoms with E-state index in [-0.39, 0.29) is 0 Å². The molecule has 1 aromatic carbocycles. The highest BCUT2D eigenvalue weighted by molar-refractivity contribution is 7.85. The lowest BCUT2D eigenvalue weighted by molar-refractivity contribution is 0.291. The van der Waals surface area contributed by atoms with Crippen LogP contribution in [0.4, 0.5) is 0 Å². The molecule has 0 unspecified atom stereocenters. The zero-order valence-corrected chi connectivity index (χ0v) is 10.8. The van der Waals surface area contributed by atoms with Gasteiger partial charge in [0.2, 0.25) is 0 Å². The minimum absolute atomic E-state index is 0.570. The number of aryl methyl sites for hydroxylation is 2. The predicted molar refractivity (Wildman–Crippen MR) is 69.1 cm³/mol. The van der Waals surface area contributed by atoms with E-state index >= 15 is 0 Å². The molecule has 88 valence electrons. The van der Waals surface area contributed by atoms with Crippen LogP contribution in [-0.4, -0.2) is 33.7 Å². The third kappa shape index (κ3) is 2.92. The highest BCUT2D eigenvalue weighted by Crippen LogP contribution is 2.14. The van der Waals surface area contributed by atoms with Gasteiger partial charge in [-0.05, 0) is 25.0 Å². The number of hydrogen-bond donors (Lipinski definition) is 0. The summed E-state index contributed by atoms with van der Waals surface area (Å²) < 4.78 is 11.3. The molecule has 3 heteroatoms. The van der Waals surface area contributed by atoms with Gasteiger partial charge >= 0.3 is 0 Å².